The summed E-state index contributed by atoms with van der Waals surface area (Å²) in [6.45, 7) is 1.89. The number of ketones is 1. The Bertz CT molecular complexity index is 1180. The molecule has 3 aromatic carbocycles. The van der Waals surface area contributed by atoms with Crippen molar-refractivity contribution >= 4 is 34.4 Å². The molecule has 0 atom stereocenters. The number of hydrogen-bond acceptors (Lipinski definition) is 2. The van der Waals surface area contributed by atoms with Gasteiger partial charge in [-0.2, -0.15) is 0 Å². The van der Waals surface area contributed by atoms with Crippen molar-refractivity contribution in [3.63, 3.8) is 0 Å². The second-order valence-corrected chi connectivity index (χ2v) is 7.02. The summed E-state index contributed by atoms with van der Waals surface area (Å²) >= 11 is 5.94. The highest BCUT2D eigenvalue weighted by atomic mass is 35.5. The first-order valence-electron chi connectivity index (χ1n) is 9.06. The van der Waals surface area contributed by atoms with Gasteiger partial charge in [-0.15, -0.1) is 0 Å². The summed E-state index contributed by atoms with van der Waals surface area (Å²) in [4.78, 5) is 17.9. The van der Waals surface area contributed by atoms with E-state index in [-0.39, 0.29) is 5.78 Å². The minimum atomic E-state index is -0.0652. The van der Waals surface area contributed by atoms with Gasteiger partial charge in [-0.05, 0) is 42.3 Å². The van der Waals surface area contributed by atoms with Crippen molar-refractivity contribution in [2.45, 2.75) is 6.92 Å². The molecule has 0 amide bonds. The fourth-order valence-corrected chi connectivity index (χ4v) is 3.50. The monoisotopic (exact) mass is 383 g/mol. The summed E-state index contributed by atoms with van der Waals surface area (Å²) in [5, 5.41) is 1.65. The minimum absolute atomic E-state index is 0.0652. The van der Waals surface area contributed by atoms with E-state index in [4.69, 9.17) is 11.6 Å². The molecular weight excluding hydrogens is 366 g/mol. The Labute approximate surface area is 169 Å². The maximum Gasteiger partial charge on any atom is 0.188 e. The van der Waals surface area contributed by atoms with Crippen LogP contribution in [0.1, 0.15) is 21.6 Å². The molecule has 0 aliphatic heterocycles. The van der Waals surface area contributed by atoms with E-state index in [1.54, 1.807) is 6.08 Å². The number of aryl methyl sites for hydroxylation is 1. The predicted octanol–water partition coefficient (Wildman–Crippen LogP) is 6.76. The van der Waals surface area contributed by atoms with Gasteiger partial charge in [0.1, 0.15) is 0 Å². The lowest BCUT2D eigenvalue weighted by atomic mass is 9.92. The number of fused-ring (bicyclic) bond motifs is 1. The molecule has 0 bridgehead atoms. The lowest BCUT2D eigenvalue weighted by Crippen LogP contribution is -2.05. The highest BCUT2D eigenvalue weighted by Crippen LogP contribution is 2.33. The van der Waals surface area contributed by atoms with Gasteiger partial charge in [-0.1, -0.05) is 78.3 Å². The van der Waals surface area contributed by atoms with Gasteiger partial charge in [0.25, 0.3) is 0 Å². The number of para-hydroxylation sites is 1. The Morgan fingerprint density at radius 2 is 1.57 bits per heavy atom. The van der Waals surface area contributed by atoms with Crippen LogP contribution in [0.2, 0.25) is 5.02 Å². The van der Waals surface area contributed by atoms with Crippen molar-refractivity contribution in [3.8, 4) is 11.1 Å². The molecule has 0 spiro atoms. The molecule has 3 heteroatoms. The van der Waals surface area contributed by atoms with Crippen LogP contribution < -0.4 is 0 Å². The summed E-state index contributed by atoms with van der Waals surface area (Å²) in [5.74, 6) is -0.0652. The number of aromatic nitrogens is 1. The number of pyridine rings is 1. The van der Waals surface area contributed by atoms with E-state index in [1.807, 2.05) is 91.9 Å². The SMILES string of the molecule is Cc1nc2ccccc2c(-c2ccccc2)c1C(=O)/C=C/c1ccc(Cl)cc1. The van der Waals surface area contributed by atoms with E-state index in [0.717, 1.165) is 33.3 Å². The molecule has 0 aliphatic carbocycles. The third-order valence-corrected chi connectivity index (χ3v) is 4.93. The number of nitrogens with zero attached hydrogens (tertiary/aromatic N) is 1. The highest BCUT2D eigenvalue weighted by molar-refractivity contribution is 6.30. The van der Waals surface area contributed by atoms with E-state index in [2.05, 4.69) is 4.98 Å². The van der Waals surface area contributed by atoms with Crippen molar-refractivity contribution in [2.75, 3.05) is 0 Å². The number of halogens is 1. The van der Waals surface area contributed by atoms with E-state index < -0.39 is 0 Å². The van der Waals surface area contributed by atoms with Gasteiger partial charge >= 0.3 is 0 Å². The normalized spacial score (nSPS) is 11.2. The molecule has 28 heavy (non-hydrogen) atoms. The van der Waals surface area contributed by atoms with Gasteiger partial charge < -0.3 is 0 Å². The van der Waals surface area contributed by atoms with Gasteiger partial charge in [0.15, 0.2) is 5.78 Å². The quantitative estimate of drug-likeness (QED) is 0.288. The van der Waals surface area contributed by atoms with Crippen molar-refractivity contribution in [3.05, 3.63) is 107 Å². The third kappa shape index (κ3) is 3.60. The number of rotatable bonds is 4. The summed E-state index contributed by atoms with van der Waals surface area (Å²) in [6.07, 6.45) is 3.41. The number of allylic oxidation sites excluding steroid dienone is 1. The van der Waals surface area contributed by atoms with Crippen LogP contribution in [0.15, 0.2) is 84.9 Å². The van der Waals surface area contributed by atoms with E-state index in [1.165, 1.54) is 0 Å². The molecule has 4 aromatic rings. The Balaban J connectivity index is 1.87. The molecular formula is C25H18ClNO. The van der Waals surface area contributed by atoms with Gasteiger partial charge in [0.05, 0.1) is 11.1 Å². The molecule has 0 saturated heterocycles. The van der Waals surface area contributed by atoms with Gasteiger partial charge in [0.2, 0.25) is 0 Å². The average molecular weight is 384 g/mol. The maximum absolute atomic E-state index is 13.2. The molecule has 136 valence electrons. The highest BCUT2D eigenvalue weighted by Gasteiger charge is 2.18. The molecule has 1 heterocycles. The molecule has 0 N–H and O–H groups in total. The number of hydrogen-bond donors (Lipinski definition) is 0. The molecule has 0 fully saturated rings. The first-order chi connectivity index (χ1) is 13.6. The van der Waals surface area contributed by atoms with Crippen molar-refractivity contribution in [2.24, 2.45) is 0 Å². The smallest absolute Gasteiger partial charge is 0.188 e. The fraction of sp³-hybridized carbons (Fsp3) is 0.0400. The summed E-state index contributed by atoms with van der Waals surface area (Å²) < 4.78 is 0. The largest absolute Gasteiger partial charge is 0.289 e. The second-order valence-electron chi connectivity index (χ2n) is 6.58. The van der Waals surface area contributed by atoms with E-state index >= 15 is 0 Å². The lowest BCUT2D eigenvalue weighted by molar-refractivity contribution is 0.104. The lowest BCUT2D eigenvalue weighted by Gasteiger charge is -2.14. The van der Waals surface area contributed by atoms with Crippen LogP contribution in [-0.4, -0.2) is 10.8 Å². The topological polar surface area (TPSA) is 30.0 Å². The van der Waals surface area contributed by atoms with Crippen LogP contribution in [0.5, 0.6) is 0 Å². The Morgan fingerprint density at radius 3 is 2.32 bits per heavy atom. The van der Waals surface area contributed by atoms with Crippen LogP contribution in [-0.2, 0) is 0 Å². The van der Waals surface area contributed by atoms with E-state index in [0.29, 0.717) is 10.6 Å². The van der Waals surface area contributed by atoms with Gasteiger partial charge in [0, 0.05) is 21.7 Å². The molecule has 1 aromatic heterocycles. The number of carbonyl (C=O) groups is 1. The summed E-state index contributed by atoms with van der Waals surface area (Å²) in [6, 6.07) is 25.3. The zero-order chi connectivity index (χ0) is 19.5. The van der Waals surface area contributed by atoms with Crippen LogP contribution in [0.3, 0.4) is 0 Å². The maximum atomic E-state index is 13.2. The van der Waals surface area contributed by atoms with Crippen LogP contribution in [0.4, 0.5) is 0 Å². The first-order valence-corrected chi connectivity index (χ1v) is 9.44. The van der Waals surface area contributed by atoms with E-state index in [9.17, 15) is 4.79 Å². The first kappa shape index (κ1) is 18.1. The fourth-order valence-electron chi connectivity index (χ4n) is 3.37. The second kappa shape index (κ2) is 7.79. The molecule has 0 unspecified atom stereocenters. The zero-order valence-corrected chi connectivity index (χ0v) is 16.1. The Kier molecular flexibility index (Phi) is 5.05. The van der Waals surface area contributed by atoms with Crippen LogP contribution >= 0.6 is 11.6 Å². The summed E-state index contributed by atoms with van der Waals surface area (Å²) in [7, 11) is 0. The third-order valence-electron chi connectivity index (χ3n) is 4.68. The number of benzene rings is 3. The van der Waals surface area contributed by atoms with Crippen LogP contribution in [0, 0.1) is 6.92 Å². The average Bonchev–Trinajstić information content (AvgIpc) is 2.72. The van der Waals surface area contributed by atoms with Crippen molar-refractivity contribution in [1.29, 1.82) is 0 Å². The van der Waals surface area contributed by atoms with Crippen molar-refractivity contribution < 1.29 is 4.79 Å². The molecule has 0 radical (unpaired) electrons. The Hall–Kier alpha value is -3.23. The minimum Gasteiger partial charge on any atom is -0.289 e. The zero-order valence-electron chi connectivity index (χ0n) is 15.4. The Morgan fingerprint density at radius 1 is 0.893 bits per heavy atom. The standard InChI is InChI=1S/C25H18ClNO/c1-17-24(23(28)16-13-18-11-14-20(26)15-12-18)25(19-7-3-2-4-8-19)21-9-5-6-10-22(21)27-17/h2-16H,1H3/b16-13+. The summed E-state index contributed by atoms with van der Waals surface area (Å²) in [5.41, 5.74) is 5.10. The molecule has 0 aliphatic rings. The van der Waals surface area contributed by atoms with Gasteiger partial charge in [-0.3, -0.25) is 9.78 Å². The van der Waals surface area contributed by atoms with Crippen LogP contribution in [0.25, 0.3) is 28.1 Å². The van der Waals surface area contributed by atoms with Crippen molar-refractivity contribution in [1.82, 2.24) is 4.98 Å². The number of carbonyl (C=O) groups excluding carboxylic acids is 1. The predicted molar refractivity (Wildman–Crippen MR) is 117 cm³/mol. The molecule has 0 saturated carbocycles. The van der Waals surface area contributed by atoms with Gasteiger partial charge in [-0.25, -0.2) is 0 Å². The molecule has 4 rings (SSSR count). The molecule has 2 nitrogen and oxygen atoms in total.